The van der Waals surface area contributed by atoms with Gasteiger partial charge in [0, 0.05) is 25.3 Å². The van der Waals surface area contributed by atoms with Crippen LogP contribution in [0.4, 0.5) is 5.95 Å². The van der Waals surface area contributed by atoms with E-state index in [-0.39, 0.29) is 11.6 Å². The van der Waals surface area contributed by atoms with Crippen molar-refractivity contribution in [1.29, 1.82) is 0 Å². The zero-order valence-electron chi connectivity index (χ0n) is 14.4. The lowest BCUT2D eigenvalue weighted by Crippen LogP contribution is -2.44. The van der Waals surface area contributed by atoms with Gasteiger partial charge in [0.1, 0.15) is 0 Å². The summed E-state index contributed by atoms with van der Waals surface area (Å²) in [5, 5.41) is 9.04. The molecule has 134 valence electrons. The van der Waals surface area contributed by atoms with Gasteiger partial charge in [0.25, 0.3) is 0 Å². The predicted octanol–water partition coefficient (Wildman–Crippen LogP) is 2.11. The van der Waals surface area contributed by atoms with Crippen LogP contribution in [0.5, 0.6) is 0 Å². The van der Waals surface area contributed by atoms with Gasteiger partial charge < -0.3 is 20.3 Å². The molecule has 0 spiro atoms. The first-order chi connectivity index (χ1) is 12.6. The summed E-state index contributed by atoms with van der Waals surface area (Å²) in [6.07, 6.45) is 3.48. The van der Waals surface area contributed by atoms with Crippen molar-refractivity contribution < 1.29 is 9.90 Å². The number of carboxylic acids is 1. The van der Waals surface area contributed by atoms with E-state index in [0.717, 1.165) is 48.6 Å². The number of rotatable bonds is 4. The highest BCUT2D eigenvalue weighted by molar-refractivity contribution is 5.87. The fourth-order valence-electron chi connectivity index (χ4n) is 3.46. The third-order valence-electron chi connectivity index (χ3n) is 4.77. The Morgan fingerprint density at radius 1 is 1.27 bits per heavy atom. The van der Waals surface area contributed by atoms with Gasteiger partial charge in [0.05, 0.1) is 28.8 Å². The van der Waals surface area contributed by atoms with E-state index in [4.69, 9.17) is 15.8 Å². The van der Waals surface area contributed by atoms with Crippen molar-refractivity contribution in [3.63, 3.8) is 0 Å². The van der Waals surface area contributed by atoms with Gasteiger partial charge in [-0.25, -0.2) is 9.78 Å². The first-order valence-corrected chi connectivity index (χ1v) is 8.76. The summed E-state index contributed by atoms with van der Waals surface area (Å²) in [5.74, 6) is -0.0782. The van der Waals surface area contributed by atoms with Gasteiger partial charge in [-0.15, -0.1) is 0 Å². The molecule has 1 fully saturated rings. The number of benzene rings is 1. The molecule has 1 aliphatic rings. The number of pyridine rings is 1. The molecule has 7 heteroatoms. The number of hydrogen-bond donors (Lipinski definition) is 2. The number of imidazole rings is 1. The van der Waals surface area contributed by atoms with Crippen molar-refractivity contribution >= 4 is 23.0 Å². The molecule has 1 unspecified atom stereocenters. The van der Waals surface area contributed by atoms with Gasteiger partial charge in [-0.05, 0) is 37.1 Å². The van der Waals surface area contributed by atoms with E-state index in [9.17, 15) is 4.79 Å². The number of para-hydroxylation sites is 2. The molecule has 3 heterocycles. The molecule has 1 aromatic carbocycles. The molecule has 7 nitrogen and oxygen atoms in total. The lowest BCUT2D eigenvalue weighted by molar-refractivity contribution is 0.0696. The normalized spacial score (nSPS) is 17.6. The van der Waals surface area contributed by atoms with E-state index in [1.54, 1.807) is 12.1 Å². The van der Waals surface area contributed by atoms with Crippen LogP contribution in [-0.4, -0.2) is 44.7 Å². The fraction of sp³-hybridized carbons (Fsp3) is 0.316. The number of anilines is 1. The molecule has 0 amide bonds. The van der Waals surface area contributed by atoms with Crippen LogP contribution in [0.2, 0.25) is 0 Å². The van der Waals surface area contributed by atoms with Gasteiger partial charge in [-0.3, -0.25) is 4.98 Å². The molecule has 3 aromatic rings. The number of aromatic carboxylic acids is 1. The quantitative estimate of drug-likeness (QED) is 0.747. The van der Waals surface area contributed by atoms with Crippen LogP contribution in [0, 0.1) is 0 Å². The number of carbonyl (C=O) groups is 1. The van der Waals surface area contributed by atoms with E-state index in [1.165, 1.54) is 6.20 Å². The fourth-order valence-corrected chi connectivity index (χ4v) is 3.46. The third kappa shape index (κ3) is 3.13. The average Bonchev–Trinajstić information content (AvgIpc) is 3.01. The molecular formula is C19H21N5O2. The third-order valence-corrected chi connectivity index (χ3v) is 4.77. The van der Waals surface area contributed by atoms with E-state index >= 15 is 0 Å². The van der Waals surface area contributed by atoms with Crippen molar-refractivity contribution in [2.45, 2.75) is 25.4 Å². The van der Waals surface area contributed by atoms with E-state index in [0.29, 0.717) is 6.54 Å². The SMILES string of the molecule is NC1CCCN(c2nc3ccccc3n2Cc2ccc(C(=O)O)cn2)C1. The summed E-state index contributed by atoms with van der Waals surface area (Å²) in [5.41, 5.74) is 9.10. The van der Waals surface area contributed by atoms with Crippen LogP contribution in [0.25, 0.3) is 11.0 Å². The topological polar surface area (TPSA) is 97.3 Å². The maximum absolute atomic E-state index is 11.0. The van der Waals surface area contributed by atoms with Gasteiger partial charge >= 0.3 is 5.97 Å². The maximum Gasteiger partial charge on any atom is 0.337 e. The van der Waals surface area contributed by atoms with Crippen molar-refractivity contribution in [2.24, 2.45) is 5.73 Å². The average molecular weight is 351 g/mol. The van der Waals surface area contributed by atoms with E-state index in [1.807, 2.05) is 24.3 Å². The molecule has 1 atom stereocenters. The highest BCUT2D eigenvalue weighted by Crippen LogP contribution is 2.26. The second-order valence-corrected chi connectivity index (χ2v) is 6.68. The lowest BCUT2D eigenvalue weighted by atomic mass is 10.1. The summed E-state index contributed by atoms with van der Waals surface area (Å²) in [6, 6.07) is 11.5. The largest absolute Gasteiger partial charge is 0.478 e. The highest BCUT2D eigenvalue weighted by Gasteiger charge is 2.22. The van der Waals surface area contributed by atoms with Crippen LogP contribution in [0.15, 0.2) is 42.6 Å². The summed E-state index contributed by atoms with van der Waals surface area (Å²) < 4.78 is 2.14. The summed E-state index contributed by atoms with van der Waals surface area (Å²) in [4.78, 5) is 22.4. The first-order valence-electron chi connectivity index (χ1n) is 8.76. The van der Waals surface area contributed by atoms with Gasteiger partial charge in [-0.1, -0.05) is 12.1 Å². The van der Waals surface area contributed by atoms with Crippen LogP contribution in [0.1, 0.15) is 28.9 Å². The van der Waals surface area contributed by atoms with Crippen molar-refractivity contribution in [3.05, 3.63) is 53.9 Å². The van der Waals surface area contributed by atoms with Crippen molar-refractivity contribution in [3.8, 4) is 0 Å². The summed E-state index contributed by atoms with van der Waals surface area (Å²) >= 11 is 0. The van der Waals surface area contributed by atoms with Crippen LogP contribution in [0.3, 0.4) is 0 Å². The Kier molecular flexibility index (Phi) is 4.30. The monoisotopic (exact) mass is 351 g/mol. The van der Waals surface area contributed by atoms with Crippen molar-refractivity contribution in [2.75, 3.05) is 18.0 Å². The Hall–Kier alpha value is -2.93. The van der Waals surface area contributed by atoms with Gasteiger partial charge in [0.2, 0.25) is 5.95 Å². The molecule has 26 heavy (non-hydrogen) atoms. The smallest absolute Gasteiger partial charge is 0.337 e. The summed E-state index contributed by atoms with van der Waals surface area (Å²) in [7, 11) is 0. The second kappa shape index (κ2) is 6.76. The molecule has 4 rings (SSSR count). The number of fused-ring (bicyclic) bond motifs is 1. The molecule has 1 aliphatic heterocycles. The number of hydrogen-bond acceptors (Lipinski definition) is 5. The Balaban J connectivity index is 1.72. The van der Waals surface area contributed by atoms with Gasteiger partial charge in [-0.2, -0.15) is 0 Å². The second-order valence-electron chi connectivity index (χ2n) is 6.68. The first kappa shape index (κ1) is 16.5. The maximum atomic E-state index is 11.0. The minimum atomic E-state index is -0.972. The minimum Gasteiger partial charge on any atom is -0.478 e. The molecular weight excluding hydrogens is 330 g/mol. The number of carboxylic acid groups (broad SMARTS) is 1. The Morgan fingerprint density at radius 3 is 2.85 bits per heavy atom. The number of nitrogens with zero attached hydrogens (tertiary/aromatic N) is 4. The Labute approximate surface area is 151 Å². The molecule has 0 bridgehead atoms. The molecule has 0 aliphatic carbocycles. The molecule has 0 saturated carbocycles. The van der Waals surface area contributed by atoms with E-state index < -0.39 is 5.97 Å². The highest BCUT2D eigenvalue weighted by atomic mass is 16.4. The lowest BCUT2D eigenvalue weighted by Gasteiger charge is -2.32. The predicted molar refractivity (Wildman–Crippen MR) is 99.5 cm³/mol. The van der Waals surface area contributed by atoms with Gasteiger partial charge in [0.15, 0.2) is 0 Å². The van der Waals surface area contributed by atoms with Crippen LogP contribution in [-0.2, 0) is 6.54 Å². The number of aromatic nitrogens is 3. The van der Waals surface area contributed by atoms with E-state index in [2.05, 4.69) is 14.5 Å². The number of nitrogens with two attached hydrogens (primary N) is 1. The molecule has 2 aromatic heterocycles. The Morgan fingerprint density at radius 2 is 2.12 bits per heavy atom. The number of piperidine rings is 1. The summed E-state index contributed by atoms with van der Waals surface area (Å²) in [6.45, 7) is 2.25. The zero-order valence-corrected chi connectivity index (χ0v) is 14.4. The van der Waals surface area contributed by atoms with Crippen LogP contribution < -0.4 is 10.6 Å². The molecule has 3 N–H and O–H groups in total. The zero-order chi connectivity index (χ0) is 18.1. The molecule has 0 radical (unpaired) electrons. The standard InChI is InChI=1S/C19H21N5O2/c20-14-4-3-9-23(11-14)19-22-16-5-1-2-6-17(16)24(19)12-15-8-7-13(10-21-15)18(25)26/h1-2,5-8,10,14H,3-4,9,11-12,20H2,(H,25,26). The molecule has 1 saturated heterocycles. The van der Waals surface area contributed by atoms with Crippen LogP contribution >= 0.6 is 0 Å². The Bertz CT molecular complexity index is 935. The van der Waals surface area contributed by atoms with Crippen molar-refractivity contribution in [1.82, 2.24) is 14.5 Å². The minimum absolute atomic E-state index is 0.157.